The number of para-hydroxylation sites is 4. The first-order valence-corrected chi connectivity index (χ1v) is 28.6. The lowest BCUT2D eigenvalue weighted by Crippen LogP contribution is -2.43. The standard InChI is InChI=1S/C66H40N4S4/c1-3-15-48-46(13-1)65(50-33-38(62-67-54-17-5-9-21-58(54)72-62)25-29-42(50)43-30-26-39(34-51(43)65)63-68-55-18-6-10-22-59(55)73-63)47-14-2-4-16-49(47)66(48)52-35-40(64-69-56-19-7-11-23-60(56)74-64)27-31-44(52)45-32-28-41(36-53(45)66)70-37-71-61-24-12-8-20-57(61)70/h1-36,62,67H,37H2. The molecule has 348 valence electrons. The Morgan fingerprint density at radius 3 is 1.51 bits per heavy atom. The monoisotopic (exact) mass is 1020 g/mol. The second-order valence-electron chi connectivity index (χ2n) is 19.9. The third kappa shape index (κ3) is 5.55. The molecular weight excluding hydrogens is 977 g/mol. The summed E-state index contributed by atoms with van der Waals surface area (Å²) in [7, 11) is 0. The number of nitrogens with one attached hydrogen (secondary N) is 1. The summed E-state index contributed by atoms with van der Waals surface area (Å²) < 4.78 is 2.39. The molecule has 0 radical (unpaired) electrons. The van der Waals surface area contributed by atoms with Crippen molar-refractivity contribution in [3.05, 3.63) is 268 Å². The van der Waals surface area contributed by atoms with E-state index in [4.69, 9.17) is 9.97 Å². The fourth-order valence-electron chi connectivity index (χ4n) is 13.3. The number of nitrogens with zero attached hydrogens (tertiary/aromatic N) is 3. The molecule has 1 unspecified atom stereocenters. The summed E-state index contributed by atoms with van der Waals surface area (Å²) >= 11 is 7.37. The van der Waals surface area contributed by atoms with Gasteiger partial charge in [-0.3, -0.25) is 0 Å². The third-order valence-corrected chi connectivity index (χ3v) is 20.8. The normalized spacial score (nSPS) is 19.0. The van der Waals surface area contributed by atoms with E-state index in [9.17, 15) is 0 Å². The zero-order chi connectivity index (χ0) is 48.3. The minimum absolute atomic E-state index is 0.0685. The first-order chi connectivity index (χ1) is 36.6. The Bertz CT molecular complexity index is 4260. The van der Waals surface area contributed by atoms with Crippen molar-refractivity contribution in [3.8, 4) is 43.4 Å². The molecule has 0 fully saturated rings. The van der Waals surface area contributed by atoms with Crippen molar-refractivity contribution in [1.29, 1.82) is 0 Å². The van der Waals surface area contributed by atoms with Crippen LogP contribution in [0.5, 0.6) is 0 Å². The van der Waals surface area contributed by atoms with Crippen molar-refractivity contribution in [2.45, 2.75) is 26.0 Å². The molecule has 0 saturated carbocycles. The third-order valence-electron chi connectivity index (χ3n) is 16.4. The van der Waals surface area contributed by atoms with Crippen molar-refractivity contribution in [3.63, 3.8) is 0 Å². The molecular formula is C66H40N4S4. The maximum Gasteiger partial charge on any atom is 0.124 e. The highest BCUT2D eigenvalue weighted by Crippen LogP contribution is 2.69. The molecule has 10 aromatic carbocycles. The molecule has 8 heteroatoms. The minimum atomic E-state index is -0.687. The van der Waals surface area contributed by atoms with Crippen LogP contribution in [-0.4, -0.2) is 15.8 Å². The Hall–Kier alpha value is -7.72. The molecule has 0 bridgehead atoms. The second-order valence-corrected chi connectivity index (χ2v) is 24.1. The topological polar surface area (TPSA) is 41.1 Å². The summed E-state index contributed by atoms with van der Waals surface area (Å²) in [5.74, 6) is 0.863. The molecule has 2 spiro atoms. The van der Waals surface area contributed by atoms with E-state index in [-0.39, 0.29) is 5.37 Å². The van der Waals surface area contributed by atoms with Gasteiger partial charge in [-0.05, 0) is 145 Å². The zero-order valence-corrected chi connectivity index (χ0v) is 42.8. The van der Waals surface area contributed by atoms with E-state index in [1.807, 2.05) is 23.5 Å². The largest absolute Gasteiger partial charge is 0.368 e. The van der Waals surface area contributed by atoms with Gasteiger partial charge in [-0.25, -0.2) is 9.97 Å². The highest BCUT2D eigenvalue weighted by Gasteiger charge is 2.59. The summed E-state index contributed by atoms with van der Waals surface area (Å²) in [4.78, 5) is 15.7. The molecule has 4 heterocycles. The average Bonchev–Trinajstić information content (AvgIpc) is 4.50. The molecule has 12 aromatic rings. The lowest BCUT2D eigenvalue weighted by Gasteiger charge is -2.49. The van der Waals surface area contributed by atoms with Crippen molar-refractivity contribution >= 4 is 83.7 Å². The molecule has 17 rings (SSSR count). The van der Waals surface area contributed by atoms with Gasteiger partial charge in [0.2, 0.25) is 0 Å². The number of rotatable bonds is 4. The quantitative estimate of drug-likeness (QED) is 0.189. The summed E-state index contributed by atoms with van der Waals surface area (Å²) in [5, 5.41) is 6.05. The van der Waals surface area contributed by atoms with Crippen LogP contribution in [0.2, 0.25) is 0 Å². The predicted molar refractivity (Wildman–Crippen MR) is 310 cm³/mol. The first kappa shape index (κ1) is 41.7. The van der Waals surface area contributed by atoms with Crippen LogP contribution < -0.4 is 10.2 Å². The summed E-state index contributed by atoms with van der Waals surface area (Å²) in [5.41, 5.74) is 23.5. The molecule has 4 nitrogen and oxygen atoms in total. The SMILES string of the molecule is c1ccc2c(c1)NC(c1ccc3c(c1)C1(c4cc(-c5nc6ccccc6s5)ccc4-3)c3ccccc3C3(c4cc(-c5nc6ccccc6s5)ccc4-c4ccc(N5CSc6ccccc65)cc43)c3ccccc31)S2. The average molecular weight is 1020 g/mol. The van der Waals surface area contributed by atoms with Crippen molar-refractivity contribution in [1.82, 2.24) is 9.97 Å². The molecule has 2 aromatic heterocycles. The van der Waals surface area contributed by atoms with E-state index >= 15 is 0 Å². The molecule has 74 heavy (non-hydrogen) atoms. The van der Waals surface area contributed by atoms with E-state index < -0.39 is 10.8 Å². The summed E-state index contributed by atoms with van der Waals surface area (Å²) in [6.45, 7) is 0. The van der Waals surface area contributed by atoms with E-state index in [0.717, 1.165) is 38.1 Å². The van der Waals surface area contributed by atoms with Gasteiger partial charge < -0.3 is 10.2 Å². The first-order valence-electron chi connectivity index (χ1n) is 25.2. The summed E-state index contributed by atoms with van der Waals surface area (Å²) in [6, 6.07) is 82.7. The number of hydrogen-bond acceptors (Lipinski definition) is 8. The Labute approximate surface area is 444 Å². The van der Waals surface area contributed by atoms with Gasteiger partial charge in [-0.15, -0.1) is 34.4 Å². The van der Waals surface area contributed by atoms with Crippen molar-refractivity contribution in [2.24, 2.45) is 0 Å². The number of thioether (sulfide) groups is 2. The highest BCUT2D eigenvalue weighted by molar-refractivity contribution is 8.00. The van der Waals surface area contributed by atoms with E-state index in [0.29, 0.717) is 0 Å². The molecule has 3 aliphatic carbocycles. The minimum Gasteiger partial charge on any atom is -0.368 e. The smallest absolute Gasteiger partial charge is 0.124 e. The van der Waals surface area contributed by atoms with Crippen LogP contribution in [0.15, 0.2) is 228 Å². The highest BCUT2D eigenvalue weighted by atomic mass is 32.2. The van der Waals surface area contributed by atoms with Gasteiger partial charge in [-0.1, -0.05) is 157 Å². The van der Waals surface area contributed by atoms with Crippen LogP contribution >= 0.6 is 46.2 Å². The molecule has 1 N–H and O–H groups in total. The Balaban J connectivity index is 0.963. The fourth-order valence-corrected chi connectivity index (χ4v) is 17.4. The van der Waals surface area contributed by atoms with Gasteiger partial charge in [0.25, 0.3) is 0 Å². The second kappa shape index (κ2) is 15.4. The fraction of sp³-hybridized carbons (Fsp3) is 0.0606. The molecule has 1 atom stereocenters. The van der Waals surface area contributed by atoms with Crippen LogP contribution in [0.25, 0.3) is 63.8 Å². The van der Waals surface area contributed by atoms with Gasteiger partial charge in [-0.2, -0.15) is 0 Å². The predicted octanol–water partition coefficient (Wildman–Crippen LogP) is 17.7. The number of anilines is 3. The van der Waals surface area contributed by atoms with Crippen LogP contribution in [0.1, 0.15) is 55.4 Å². The Morgan fingerprint density at radius 1 is 0.432 bits per heavy atom. The number of aromatic nitrogens is 2. The Morgan fingerprint density at radius 2 is 0.919 bits per heavy atom. The Kier molecular flexibility index (Phi) is 8.69. The number of hydrogen-bond donors (Lipinski definition) is 1. The van der Waals surface area contributed by atoms with E-state index in [1.54, 1.807) is 22.7 Å². The zero-order valence-electron chi connectivity index (χ0n) is 39.5. The van der Waals surface area contributed by atoms with Gasteiger partial charge >= 0.3 is 0 Å². The summed E-state index contributed by atoms with van der Waals surface area (Å²) in [6.07, 6.45) is 0. The molecule has 5 aliphatic rings. The van der Waals surface area contributed by atoms with Gasteiger partial charge in [0, 0.05) is 32.3 Å². The number of benzene rings is 10. The maximum atomic E-state index is 5.28. The van der Waals surface area contributed by atoms with Crippen molar-refractivity contribution < 1.29 is 0 Å². The lowest BCUT2D eigenvalue weighted by molar-refractivity contribution is 0.632. The lowest BCUT2D eigenvalue weighted by atomic mass is 9.52. The van der Waals surface area contributed by atoms with Crippen LogP contribution in [-0.2, 0) is 10.8 Å². The molecule has 2 aliphatic heterocycles. The van der Waals surface area contributed by atoms with Crippen molar-refractivity contribution in [2.75, 3.05) is 16.1 Å². The van der Waals surface area contributed by atoms with E-state index in [1.165, 1.54) is 109 Å². The molecule has 0 amide bonds. The number of fused-ring (bicyclic) bond motifs is 20. The van der Waals surface area contributed by atoms with Gasteiger partial charge in [0.05, 0.1) is 42.8 Å². The van der Waals surface area contributed by atoms with E-state index in [2.05, 4.69) is 229 Å². The maximum absolute atomic E-state index is 5.28. The van der Waals surface area contributed by atoms with Gasteiger partial charge in [0.15, 0.2) is 0 Å². The molecule has 0 saturated heterocycles. The van der Waals surface area contributed by atoms with Crippen LogP contribution in [0.4, 0.5) is 17.1 Å². The van der Waals surface area contributed by atoms with Crippen LogP contribution in [0, 0.1) is 0 Å². The van der Waals surface area contributed by atoms with Crippen LogP contribution in [0.3, 0.4) is 0 Å². The van der Waals surface area contributed by atoms with Gasteiger partial charge in [0.1, 0.15) is 15.4 Å². The number of thiazole rings is 2.